The predicted molar refractivity (Wildman–Crippen MR) is 54.3 cm³/mol. The van der Waals surface area contributed by atoms with Gasteiger partial charge in [0, 0.05) is 12.1 Å². The van der Waals surface area contributed by atoms with Crippen LogP contribution in [-0.2, 0) is 0 Å². The summed E-state index contributed by atoms with van der Waals surface area (Å²) in [6.07, 6.45) is -0.119. The van der Waals surface area contributed by atoms with E-state index in [0.29, 0.717) is 0 Å². The Labute approximate surface area is 86.0 Å². The van der Waals surface area contributed by atoms with Gasteiger partial charge in [0.25, 0.3) is 5.69 Å². The van der Waals surface area contributed by atoms with Crippen molar-refractivity contribution < 1.29 is 9.66 Å². The van der Waals surface area contributed by atoms with Crippen molar-refractivity contribution in [3.63, 3.8) is 0 Å². The molecule has 0 atom stereocenters. The van der Waals surface area contributed by atoms with Crippen molar-refractivity contribution in [3.05, 3.63) is 33.2 Å². The summed E-state index contributed by atoms with van der Waals surface area (Å²) < 4.78 is 5.25. The average molecular weight is 210 g/mol. The molecule has 0 aliphatic rings. The molecule has 0 heterocycles. The van der Waals surface area contributed by atoms with E-state index in [-0.39, 0.29) is 23.2 Å². The second-order valence-electron chi connectivity index (χ2n) is 3.17. The van der Waals surface area contributed by atoms with E-state index in [1.54, 1.807) is 13.8 Å². The van der Waals surface area contributed by atoms with Gasteiger partial charge in [-0.2, -0.15) is 0 Å². The first-order chi connectivity index (χ1) is 7.04. The zero-order valence-electron chi connectivity index (χ0n) is 8.34. The van der Waals surface area contributed by atoms with Crippen LogP contribution in [0.5, 0.6) is 5.75 Å². The molecule has 0 aliphatic heterocycles. The molecule has 0 radical (unpaired) electrons. The highest BCUT2D eigenvalue weighted by molar-refractivity contribution is 5.57. The molecule has 0 spiro atoms. The Morgan fingerprint density at radius 1 is 1.47 bits per heavy atom. The van der Waals surface area contributed by atoms with Crippen LogP contribution in [0.25, 0.3) is 0 Å². The van der Waals surface area contributed by atoms with Crippen LogP contribution < -0.4 is 4.74 Å². The first-order valence-corrected chi connectivity index (χ1v) is 4.33. The summed E-state index contributed by atoms with van der Waals surface area (Å²) in [7, 11) is 0. The van der Waals surface area contributed by atoms with E-state index < -0.39 is 4.92 Å². The summed E-state index contributed by atoms with van der Waals surface area (Å²) in [5.74, 6) is 0.255. The zero-order chi connectivity index (χ0) is 11.4. The second-order valence-corrected chi connectivity index (χ2v) is 3.17. The van der Waals surface area contributed by atoms with Crippen LogP contribution in [0.3, 0.4) is 0 Å². The highest BCUT2D eigenvalue weighted by atomic mass is 16.6. The number of nitro benzene ring substituents is 1. The fourth-order valence-electron chi connectivity index (χ4n) is 1.04. The van der Waals surface area contributed by atoms with Gasteiger partial charge in [0.2, 0.25) is 0 Å². The maximum atomic E-state index is 10.4. The van der Waals surface area contributed by atoms with Gasteiger partial charge in [0.15, 0.2) is 5.69 Å². The first-order valence-electron chi connectivity index (χ1n) is 4.33. The van der Waals surface area contributed by atoms with Gasteiger partial charge in [-0.3, -0.25) is 10.1 Å². The number of hydrogen-bond acceptors (Lipinski definition) is 5. The smallest absolute Gasteiger partial charge is 0.271 e. The fraction of sp³-hybridized carbons (Fsp3) is 0.333. The number of rotatable bonds is 4. The minimum absolute atomic E-state index is 0.0575. The lowest BCUT2D eigenvalue weighted by Crippen LogP contribution is -2.05. The molecular formula is C9H10N2O4. The summed E-state index contributed by atoms with van der Waals surface area (Å²) in [6, 6.07) is 3.73. The summed E-state index contributed by atoms with van der Waals surface area (Å²) in [5, 5.41) is 13.1. The molecule has 1 rings (SSSR count). The van der Waals surface area contributed by atoms with Gasteiger partial charge in [0.1, 0.15) is 5.75 Å². The Morgan fingerprint density at radius 2 is 2.13 bits per heavy atom. The van der Waals surface area contributed by atoms with E-state index in [1.165, 1.54) is 12.1 Å². The molecule has 80 valence electrons. The lowest BCUT2D eigenvalue weighted by atomic mass is 10.2. The molecule has 0 aliphatic carbocycles. The number of benzene rings is 1. The third-order valence-corrected chi connectivity index (χ3v) is 1.61. The summed E-state index contributed by atoms with van der Waals surface area (Å²) in [5.41, 5.74) is -0.237. The first kappa shape index (κ1) is 11.1. The SMILES string of the molecule is CC(C)Oc1ccc([N+](=O)[O-])cc1N=O. The average Bonchev–Trinajstić information content (AvgIpc) is 2.17. The fourth-order valence-corrected chi connectivity index (χ4v) is 1.04. The molecule has 6 nitrogen and oxygen atoms in total. The molecule has 0 fully saturated rings. The van der Waals surface area contributed by atoms with Crippen molar-refractivity contribution in [3.8, 4) is 5.75 Å². The van der Waals surface area contributed by atoms with Crippen LogP contribution in [0.15, 0.2) is 23.4 Å². The minimum atomic E-state index is -0.589. The largest absolute Gasteiger partial charge is 0.489 e. The van der Waals surface area contributed by atoms with Crippen molar-refractivity contribution in [2.75, 3.05) is 0 Å². The van der Waals surface area contributed by atoms with Crippen LogP contribution in [0.1, 0.15) is 13.8 Å². The lowest BCUT2D eigenvalue weighted by molar-refractivity contribution is -0.384. The standard InChI is InChI=1S/C9H10N2O4/c1-6(2)15-9-4-3-7(11(13)14)5-8(9)10-12/h3-6H,1-2H3. The molecule has 0 saturated carbocycles. The van der Waals surface area contributed by atoms with Crippen LogP contribution in [0.2, 0.25) is 0 Å². The van der Waals surface area contributed by atoms with Crippen LogP contribution in [0.4, 0.5) is 11.4 Å². The summed E-state index contributed by atoms with van der Waals surface area (Å²) in [4.78, 5) is 20.3. The predicted octanol–water partition coefficient (Wildman–Crippen LogP) is 2.78. The summed E-state index contributed by atoms with van der Waals surface area (Å²) >= 11 is 0. The minimum Gasteiger partial charge on any atom is -0.489 e. The quantitative estimate of drug-likeness (QED) is 0.434. The summed E-state index contributed by atoms with van der Waals surface area (Å²) in [6.45, 7) is 3.58. The molecular weight excluding hydrogens is 200 g/mol. The maximum Gasteiger partial charge on any atom is 0.271 e. The van der Waals surface area contributed by atoms with Gasteiger partial charge < -0.3 is 4.74 Å². The highest BCUT2D eigenvalue weighted by Crippen LogP contribution is 2.31. The number of nitro groups is 1. The third-order valence-electron chi connectivity index (χ3n) is 1.61. The van der Waals surface area contributed by atoms with E-state index in [1.807, 2.05) is 0 Å². The van der Waals surface area contributed by atoms with Gasteiger partial charge in [0.05, 0.1) is 11.0 Å². The van der Waals surface area contributed by atoms with Gasteiger partial charge >= 0.3 is 0 Å². The van der Waals surface area contributed by atoms with Crippen molar-refractivity contribution >= 4 is 11.4 Å². The number of hydrogen-bond donors (Lipinski definition) is 0. The van der Waals surface area contributed by atoms with Crippen molar-refractivity contribution in [2.45, 2.75) is 20.0 Å². The molecule has 0 bridgehead atoms. The molecule has 0 aromatic heterocycles. The van der Waals surface area contributed by atoms with Gasteiger partial charge in [-0.25, -0.2) is 0 Å². The van der Waals surface area contributed by atoms with Crippen molar-refractivity contribution in [1.29, 1.82) is 0 Å². The van der Waals surface area contributed by atoms with Crippen LogP contribution in [0, 0.1) is 15.0 Å². The normalized spacial score (nSPS) is 10.1. The number of nitroso groups, excluding NO2 is 1. The highest BCUT2D eigenvalue weighted by Gasteiger charge is 2.12. The van der Waals surface area contributed by atoms with E-state index in [4.69, 9.17) is 4.74 Å². The topological polar surface area (TPSA) is 81.8 Å². The number of nitrogens with zero attached hydrogens (tertiary/aromatic N) is 2. The monoisotopic (exact) mass is 210 g/mol. The molecule has 0 saturated heterocycles. The second kappa shape index (κ2) is 4.50. The molecule has 0 amide bonds. The molecule has 15 heavy (non-hydrogen) atoms. The van der Waals surface area contributed by atoms with Gasteiger partial charge in [-0.15, -0.1) is 4.91 Å². The molecule has 0 N–H and O–H groups in total. The molecule has 6 heteroatoms. The Hall–Kier alpha value is -1.98. The van der Waals surface area contributed by atoms with Gasteiger partial charge in [-0.05, 0) is 25.1 Å². The van der Waals surface area contributed by atoms with Crippen molar-refractivity contribution in [1.82, 2.24) is 0 Å². The van der Waals surface area contributed by atoms with Crippen LogP contribution in [-0.4, -0.2) is 11.0 Å². The Balaban J connectivity index is 3.09. The Kier molecular flexibility index (Phi) is 3.33. The zero-order valence-corrected chi connectivity index (χ0v) is 8.34. The van der Waals surface area contributed by atoms with E-state index >= 15 is 0 Å². The third kappa shape index (κ3) is 2.73. The van der Waals surface area contributed by atoms with E-state index in [9.17, 15) is 15.0 Å². The van der Waals surface area contributed by atoms with E-state index in [0.717, 1.165) is 6.07 Å². The maximum absolute atomic E-state index is 10.4. The Bertz CT molecular complexity index is 390. The number of non-ortho nitro benzene ring substituents is 1. The molecule has 1 aromatic rings. The Morgan fingerprint density at radius 3 is 2.60 bits per heavy atom. The molecule has 0 unspecified atom stereocenters. The van der Waals surface area contributed by atoms with Gasteiger partial charge in [-0.1, -0.05) is 0 Å². The number of ether oxygens (including phenoxy) is 1. The van der Waals surface area contributed by atoms with E-state index in [2.05, 4.69) is 5.18 Å². The molecule has 1 aromatic carbocycles. The van der Waals surface area contributed by atoms with Crippen LogP contribution >= 0.6 is 0 Å². The lowest BCUT2D eigenvalue weighted by Gasteiger charge is -2.10. The van der Waals surface area contributed by atoms with Crippen molar-refractivity contribution in [2.24, 2.45) is 5.18 Å².